The molecule has 0 aromatic carbocycles. The van der Waals surface area contributed by atoms with Crippen LogP contribution in [0.25, 0.3) is 0 Å². The number of nitrogens with one attached hydrogen (secondary N) is 2. The predicted molar refractivity (Wildman–Crippen MR) is 97.0 cm³/mol. The molecule has 0 amide bonds. The van der Waals surface area contributed by atoms with Crippen LogP contribution in [0.3, 0.4) is 0 Å². The Kier molecular flexibility index (Phi) is 8.84. The third-order valence-corrected chi connectivity index (χ3v) is 4.23. The van der Waals surface area contributed by atoms with Crippen LogP contribution in [0, 0.1) is 11.8 Å². The lowest BCUT2D eigenvalue weighted by molar-refractivity contribution is 0.213. The minimum absolute atomic E-state index is 0. The average molecular weight is 394 g/mol. The highest BCUT2D eigenvalue weighted by Gasteiger charge is 2.20. The molecule has 0 bridgehead atoms. The fourth-order valence-corrected chi connectivity index (χ4v) is 2.61. The monoisotopic (exact) mass is 394 g/mol. The van der Waals surface area contributed by atoms with Crippen molar-refractivity contribution in [1.29, 1.82) is 0 Å². The van der Waals surface area contributed by atoms with Gasteiger partial charge in [-0.2, -0.15) is 0 Å². The summed E-state index contributed by atoms with van der Waals surface area (Å²) in [5.41, 5.74) is 0. The first kappa shape index (κ1) is 18.0. The molecule has 1 heterocycles. The van der Waals surface area contributed by atoms with Gasteiger partial charge in [0.1, 0.15) is 0 Å². The topological polar surface area (TPSA) is 39.7 Å². The van der Waals surface area contributed by atoms with Crippen LogP contribution in [-0.4, -0.2) is 50.6 Å². The molecule has 0 radical (unpaired) electrons. The highest BCUT2D eigenvalue weighted by molar-refractivity contribution is 14.0. The summed E-state index contributed by atoms with van der Waals surface area (Å²) in [6.45, 7) is 7.67. The molecule has 2 rings (SSSR count). The van der Waals surface area contributed by atoms with Crippen LogP contribution in [-0.2, 0) is 0 Å². The van der Waals surface area contributed by atoms with E-state index in [9.17, 15) is 0 Å². The second kappa shape index (κ2) is 9.82. The number of halogens is 1. The summed E-state index contributed by atoms with van der Waals surface area (Å²) < 4.78 is 0. The number of likely N-dealkylation sites (tertiary alicyclic amines) is 1. The third-order valence-electron chi connectivity index (χ3n) is 4.23. The normalized spacial score (nSPS) is 21.4. The maximum atomic E-state index is 4.66. The van der Waals surface area contributed by atoms with Gasteiger partial charge in [-0.25, -0.2) is 0 Å². The highest BCUT2D eigenvalue weighted by Crippen LogP contribution is 2.28. The molecule has 2 N–H and O–H groups in total. The van der Waals surface area contributed by atoms with Crippen LogP contribution in [0.2, 0.25) is 0 Å². The summed E-state index contributed by atoms with van der Waals surface area (Å²) in [7, 11) is 2.22. The van der Waals surface area contributed by atoms with E-state index in [1.807, 2.05) is 0 Å². The van der Waals surface area contributed by atoms with Crippen LogP contribution in [0.15, 0.2) is 4.99 Å². The van der Waals surface area contributed by atoms with E-state index < -0.39 is 0 Å². The number of rotatable bonds is 6. The smallest absolute Gasteiger partial charge is 0.191 e. The molecule has 1 aliphatic carbocycles. The maximum Gasteiger partial charge on any atom is 0.191 e. The van der Waals surface area contributed by atoms with Crippen molar-refractivity contribution in [2.45, 2.75) is 39.0 Å². The number of guanidine groups is 1. The van der Waals surface area contributed by atoms with Crippen molar-refractivity contribution in [3.63, 3.8) is 0 Å². The van der Waals surface area contributed by atoms with Crippen molar-refractivity contribution in [1.82, 2.24) is 15.5 Å². The Morgan fingerprint density at radius 1 is 1.10 bits per heavy atom. The first-order chi connectivity index (χ1) is 9.28. The molecule has 0 aromatic rings. The molecular weight excluding hydrogens is 363 g/mol. The summed E-state index contributed by atoms with van der Waals surface area (Å²) in [6.07, 6.45) is 6.74. The quantitative estimate of drug-likeness (QED) is 0.413. The van der Waals surface area contributed by atoms with E-state index in [0.29, 0.717) is 0 Å². The van der Waals surface area contributed by atoms with Gasteiger partial charge in [-0.05, 0) is 71.0 Å². The summed E-state index contributed by atoms with van der Waals surface area (Å²) >= 11 is 0. The molecule has 1 aliphatic heterocycles. The second-order valence-corrected chi connectivity index (χ2v) is 6.13. The zero-order valence-corrected chi connectivity index (χ0v) is 15.4. The molecule has 0 spiro atoms. The fraction of sp³-hybridized carbons (Fsp3) is 0.933. The Morgan fingerprint density at radius 2 is 1.80 bits per heavy atom. The molecular formula is C15H31IN4. The molecule has 1 saturated carbocycles. The number of nitrogens with zero attached hydrogens (tertiary/aromatic N) is 2. The van der Waals surface area contributed by atoms with E-state index in [0.717, 1.165) is 37.4 Å². The van der Waals surface area contributed by atoms with Crippen LogP contribution >= 0.6 is 24.0 Å². The lowest BCUT2D eigenvalue weighted by atomic mass is 9.94. The van der Waals surface area contributed by atoms with Crippen molar-refractivity contribution < 1.29 is 0 Å². The molecule has 20 heavy (non-hydrogen) atoms. The van der Waals surface area contributed by atoms with Gasteiger partial charge in [0.2, 0.25) is 0 Å². The predicted octanol–water partition coefficient (Wildman–Crippen LogP) is 2.30. The first-order valence-corrected chi connectivity index (χ1v) is 7.98. The van der Waals surface area contributed by atoms with Gasteiger partial charge in [-0.15, -0.1) is 24.0 Å². The third kappa shape index (κ3) is 7.11. The van der Waals surface area contributed by atoms with Gasteiger partial charge in [-0.3, -0.25) is 4.99 Å². The lowest BCUT2D eigenvalue weighted by Gasteiger charge is -2.29. The minimum atomic E-state index is 0. The largest absolute Gasteiger partial charge is 0.357 e. The molecule has 0 atom stereocenters. The number of piperidine rings is 1. The molecule has 1 saturated heterocycles. The van der Waals surface area contributed by atoms with E-state index >= 15 is 0 Å². The molecule has 5 heteroatoms. The molecule has 118 valence electrons. The number of hydrogen-bond acceptors (Lipinski definition) is 2. The average Bonchev–Trinajstić information content (AvgIpc) is 3.22. The highest BCUT2D eigenvalue weighted by atomic mass is 127. The van der Waals surface area contributed by atoms with Crippen molar-refractivity contribution >= 4 is 29.9 Å². The Bertz CT molecular complexity index is 284. The zero-order chi connectivity index (χ0) is 13.5. The van der Waals surface area contributed by atoms with Crippen LogP contribution < -0.4 is 10.6 Å². The zero-order valence-electron chi connectivity index (χ0n) is 13.0. The summed E-state index contributed by atoms with van der Waals surface area (Å²) in [5, 5.41) is 6.83. The maximum absolute atomic E-state index is 4.66. The van der Waals surface area contributed by atoms with E-state index in [1.165, 1.54) is 45.2 Å². The van der Waals surface area contributed by atoms with Gasteiger partial charge < -0.3 is 15.5 Å². The van der Waals surface area contributed by atoms with Crippen molar-refractivity contribution in [3.8, 4) is 0 Å². The number of aliphatic imine (C=N–C) groups is 1. The minimum Gasteiger partial charge on any atom is -0.357 e. The van der Waals surface area contributed by atoms with Gasteiger partial charge in [0.25, 0.3) is 0 Å². The van der Waals surface area contributed by atoms with E-state index in [-0.39, 0.29) is 24.0 Å². The Labute approximate surface area is 141 Å². The van der Waals surface area contributed by atoms with E-state index in [1.54, 1.807) is 0 Å². The molecule has 0 aromatic heterocycles. The Morgan fingerprint density at radius 3 is 2.40 bits per heavy atom. The van der Waals surface area contributed by atoms with Crippen LogP contribution in [0.4, 0.5) is 0 Å². The van der Waals surface area contributed by atoms with Gasteiger partial charge in [0.15, 0.2) is 5.96 Å². The number of hydrogen-bond donors (Lipinski definition) is 2. The standard InChI is InChI=1S/C15H30N4.HI/c1-3-16-15(18-12-14-4-5-14)17-9-6-13-7-10-19(2)11-8-13;/h13-14H,3-12H2,1-2H3,(H2,16,17,18);1H. The molecule has 2 fully saturated rings. The second-order valence-electron chi connectivity index (χ2n) is 6.13. The SMILES string of the molecule is CCNC(=NCC1CC1)NCCC1CCN(C)CC1.I. The van der Waals surface area contributed by atoms with Gasteiger partial charge in [0, 0.05) is 19.6 Å². The van der Waals surface area contributed by atoms with Crippen molar-refractivity contribution in [2.24, 2.45) is 16.8 Å². The van der Waals surface area contributed by atoms with Crippen LogP contribution in [0.1, 0.15) is 39.0 Å². The van der Waals surface area contributed by atoms with Crippen LogP contribution in [0.5, 0.6) is 0 Å². The summed E-state index contributed by atoms with van der Waals surface area (Å²) in [4.78, 5) is 7.09. The molecule has 4 nitrogen and oxygen atoms in total. The van der Waals surface area contributed by atoms with E-state index in [2.05, 4.69) is 34.5 Å². The molecule has 0 unspecified atom stereocenters. The van der Waals surface area contributed by atoms with Gasteiger partial charge >= 0.3 is 0 Å². The summed E-state index contributed by atoms with van der Waals surface area (Å²) in [6, 6.07) is 0. The van der Waals surface area contributed by atoms with Crippen molar-refractivity contribution in [2.75, 3.05) is 39.8 Å². The first-order valence-electron chi connectivity index (χ1n) is 7.98. The van der Waals surface area contributed by atoms with Gasteiger partial charge in [-0.1, -0.05) is 0 Å². The lowest BCUT2D eigenvalue weighted by Crippen LogP contribution is -2.39. The molecule has 2 aliphatic rings. The van der Waals surface area contributed by atoms with Gasteiger partial charge in [0.05, 0.1) is 0 Å². The Balaban J connectivity index is 0.00000200. The fourth-order valence-electron chi connectivity index (χ4n) is 2.61. The summed E-state index contributed by atoms with van der Waals surface area (Å²) in [5.74, 6) is 2.78. The van der Waals surface area contributed by atoms with E-state index in [4.69, 9.17) is 0 Å². The van der Waals surface area contributed by atoms with Crippen molar-refractivity contribution in [3.05, 3.63) is 0 Å². The Hall–Kier alpha value is -0.0400.